The molecule has 114 valence electrons. The maximum absolute atomic E-state index is 10.6. The average Bonchev–Trinajstić information content (AvgIpc) is 3.03. The highest BCUT2D eigenvalue weighted by atomic mass is 16.6. The summed E-state index contributed by atoms with van der Waals surface area (Å²) < 4.78 is 5.68. The van der Waals surface area contributed by atoms with Crippen LogP contribution in [0.4, 0.5) is 11.4 Å². The van der Waals surface area contributed by atoms with E-state index in [0.29, 0.717) is 17.5 Å². The average molecular weight is 299 g/mol. The molecule has 0 spiro atoms. The molecule has 2 aromatic rings. The molecule has 1 atom stereocenters. The summed E-state index contributed by atoms with van der Waals surface area (Å²) in [6.07, 6.45) is 1.13. The van der Waals surface area contributed by atoms with Gasteiger partial charge in [0.05, 0.1) is 4.92 Å². The monoisotopic (exact) mass is 299 g/mol. The summed E-state index contributed by atoms with van der Waals surface area (Å²) in [7, 11) is 0. The summed E-state index contributed by atoms with van der Waals surface area (Å²) in [5, 5.41) is 17.4. The van der Waals surface area contributed by atoms with Gasteiger partial charge in [0.15, 0.2) is 0 Å². The molecule has 22 heavy (non-hydrogen) atoms. The van der Waals surface area contributed by atoms with E-state index in [-0.39, 0.29) is 5.69 Å². The number of hydrogen-bond donors (Lipinski definition) is 2. The summed E-state index contributed by atoms with van der Waals surface area (Å²) in [5.74, 6) is 1.27. The Labute approximate surface area is 128 Å². The van der Waals surface area contributed by atoms with Crippen molar-refractivity contribution in [1.82, 2.24) is 5.32 Å². The Kier molecular flexibility index (Phi) is 4.20. The number of rotatable bonds is 5. The van der Waals surface area contributed by atoms with Crippen LogP contribution in [0.25, 0.3) is 0 Å². The zero-order valence-corrected chi connectivity index (χ0v) is 12.0. The molecule has 1 heterocycles. The van der Waals surface area contributed by atoms with Crippen molar-refractivity contribution >= 4 is 11.4 Å². The van der Waals surface area contributed by atoms with Crippen LogP contribution in [0.2, 0.25) is 0 Å². The Bertz CT molecular complexity index is 635. The van der Waals surface area contributed by atoms with Gasteiger partial charge in [-0.3, -0.25) is 10.1 Å². The van der Waals surface area contributed by atoms with Crippen LogP contribution in [0.5, 0.6) is 11.5 Å². The van der Waals surface area contributed by atoms with E-state index in [9.17, 15) is 10.1 Å². The Hall–Kier alpha value is -2.60. The number of nitro groups is 1. The van der Waals surface area contributed by atoms with E-state index < -0.39 is 4.92 Å². The quantitative estimate of drug-likeness (QED) is 0.655. The van der Waals surface area contributed by atoms with E-state index in [0.717, 1.165) is 25.2 Å². The van der Waals surface area contributed by atoms with Crippen LogP contribution >= 0.6 is 0 Å². The summed E-state index contributed by atoms with van der Waals surface area (Å²) in [6.45, 7) is 2.04. The zero-order valence-electron chi connectivity index (χ0n) is 12.0. The number of nitro benzene ring substituents is 1. The molecule has 0 radical (unpaired) electrons. The molecule has 1 aliphatic heterocycles. The molecule has 2 N–H and O–H groups in total. The predicted octanol–water partition coefficient (Wildman–Crippen LogP) is 3.16. The van der Waals surface area contributed by atoms with Crippen LogP contribution in [0, 0.1) is 10.1 Å². The van der Waals surface area contributed by atoms with Crippen LogP contribution in [-0.2, 0) is 0 Å². The molecule has 6 heteroatoms. The summed E-state index contributed by atoms with van der Waals surface area (Å²) in [5.41, 5.74) is 1.11. The fourth-order valence-corrected chi connectivity index (χ4v) is 2.40. The van der Waals surface area contributed by atoms with Crippen molar-refractivity contribution in [3.63, 3.8) is 0 Å². The van der Waals surface area contributed by atoms with Gasteiger partial charge in [-0.05, 0) is 49.4 Å². The fourth-order valence-electron chi connectivity index (χ4n) is 2.40. The van der Waals surface area contributed by atoms with Crippen molar-refractivity contribution in [2.24, 2.45) is 0 Å². The highest BCUT2D eigenvalue weighted by molar-refractivity contribution is 5.48. The summed E-state index contributed by atoms with van der Waals surface area (Å²) in [4.78, 5) is 10.2. The zero-order chi connectivity index (χ0) is 15.4. The van der Waals surface area contributed by atoms with Crippen molar-refractivity contribution in [3.8, 4) is 11.5 Å². The number of anilines is 1. The van der Waals surface area contributed by atoms with Gasteiger partial charge in [-0.25, -0.2) is 0 Å². The van der Waals surface area contributed by atoms with E-state index in [2.05, 4.69) is 10.6 Å². The first-order valence-corrected chi connectivity index (χ1v) is 7.20. The van der Waals surface area contributed by atoms with Crippen LogP contribution in [0.15, 0.2) is 48.5 Å². The lowest BCUT2D eigenvalue weighted by molar-refractivity contribution is -0.384. The molecule has 3 rings (SSSR count). The van der Waals surface area contributed by atoms with Gasteiger partial charge in [0.1, 0.15) is 11.5 Å². The van der Waals surface area contributed by atoms with Crippen molar-refractivity contribution in [1.29, 1.82) is 0 Å². The van der Waals surface area contributed by atoms with Gasteiger partial charge in [0.2, 0.25) is 0 Å². The minimum atomic E-state index is -0.428. The van der Waals surface area contributed by atoms with E-state index in [1.54, 1.807) is 12.1 Å². The Morgan fingerprint density at radius 1 is 1.09 bits per heavy atom. The Morgan fingerprint density at radius 3 is 2.27 bits per heavy atom. The molecule has 0 amide bonds. The molecular weight excluding hydrogens is 282 g/mol. The second-order valence-corrected chi connectivity index (χ2v) is 5.21. The third-order valence-electron chi connectivity index (χ3n) is 3.57. The van der Waals surface area contributed by atoms with Crippen LogP contribution < -0.4 is 15.4 Å². The molecule has 1 fully saturated rings. The summed E-state index contributed by atoms with van der Waals surface area (Å²) >= 11 is 0. The molecule has 2 aromatic carbocycles. The number of non-ortho nitro benzene ring substituents is 1. The predicted molar refractivity (Wildman–Crippen MR) is 84.5 cm³/mol. The van der Waals surface area contributed by atoms with Gasteiger partial charge in [0.25, 0.3) is 5.69 Å². The molecule has 1 saturated heterocycles. The molecule has 6 nitrogen and oxygen atoms in total. The molecule has 0 aliphatic carbocycles. The molecular formula is C16H17N3O3. The summed E-state index contributed by atoms with van der Waals surface area (Å²) in [6, 6.07) is 14.2. The largest absolute Gasteiger partial charge is 0.457 e. The van der Waals surface area contributed by atoms with Crippen molar-refractivity contribution in [2.45, 2.75) is 12.5 Å². The smallest absolute Gasteiger partial charge is 0.269 e. The second kappa shape index (κ2) is 6.44. The number of benzene rings is 2. The van der Waals surface area contributed by atoms with Gasteiger partial charge >= 0.3 is 0 Å². The first-order valence-electron chi connectivity index (χ1n) is 7.20. The second-order valence-electron chi connectivity index (χ2n) is 5.21. The van der Waals surface area contributed by atoms with Gasteiger partial charge in [-0.15, -0.1) is 0 Å². The highest BCUT2D eigenvalue weighted by Crippen LogP contribution is 2.25. The van der Waals surface area contributed by atoms with E-state index in [1.807, 2.05) is 24.3 Å². The molecule has 1 aliphatic rings. The van der Waals surface area contributed by atoms with E-state index in [4.69, 9.17) is 4.74 Å². The molecule has 0 aromatic heterocycles. The fraction of sp³-hybridized carbons (Fsp3) is 0.250. The standard InChI is InChI=1S/C16H17N3O3/c20-19(21)14-3-7-16(8-4-14)22-15-5-1-12(2-6-15)18-13-9-10-17-11-13/h1-8,13,17-18H,9-11H2. The topological polar surface area (TPSA) is 76.4 Å². The minimum absolute atomic E-state index is 0.0528. The van der Waals surface area contributed by atoms with E-state index in [1.165, 1.54) is 12.1 Å². The minimum Gasteiger partial charge on any atom is -0.457 e. The van der Waals surface area contributed by atoms with Crippen molar-refractivity contribution < 1.29 is 9.66 Å². The number of nitrogens with zero attached hydrogens (tertiary/aromatic N) is 1. The van der Waals surface area contributed by atoms with Crippen molar-refractivity contribution in [3.05, 3.63) is 58.6 Å². The van der Waals surface area contributed by atoms with Crippen LogP contribution in [-0.4, -0.2) is 24.1 Å². The van der Waals surface area contributed by atoms with Crippen molar-refractivity contribution in [2.75, 3.05) is 18.4 Å². The van der Waals surface area contributed by atoms with Crippen LogP contribution in [0.3, 0.4) is 0 Å². The molecule has 1 unspecified atom stereocenters. The Balaban J connectivity index is 1.61. The lowest BCUT2D eigenvalue weighted by Gasteiger charge is -2.13. The van der Waals surface area contributed by atoms with Gasteiger partial charge in [-0.1, -0.05) is 0 Å². The SMILES string of the molecule is O=[N+]([O-])c1ccc(Oc2ccc(NC3CCNC3)cc2)cc1. The first kappa shape index (κ1) is 14.3. The Morgan fingerprint density at radius 2 is 1.73 bits per heavy atom. The normalized spacial score (nSPS) is 17.2. The van der Waals surface area contributed by atoms with Gasteiger partial charge < -0.3 is 15.4 Å². The first-order chi connectivity index (χ1) is 10.7. The number of ether oxygens (including phenoxy) is 1. The maximum atomic E-state index is 10.6. The maximum Gasteiger partial charge on any atom is 0.269 e. The number of hydrogen-bond acceptors (Lipinski definition) is 5. The van der Waals surface area contributed by atoms with Gasteiger partial charge in [-0.2, -0.15) is 0 Å². The molecule has 0 bridgehead atoms. The van der Waals surface area contributed by atoms with Crippen LogP contribution in [0.1, 0.15) is 6.42 Å². The molecule has 0 saturated carbocycles. The highest BCUT2D eigenvalue weighted by Gasteiger charge is 2.13. The van der Waals surface area contributed by atoms with Gasteiger partial charge in [0, 0.05) is 30.4 Å². The number of nitrogens with one attached hydrogen (secondary N) is 2. The lowest BCUT2D eigenvalue weighted by Crippen LogP contribution is -2.21. The lowest BCUT2D eigenvalue weighted by atomic mass is 10.2. The third kappa shape index (κ3) is 3.53. The van der Waals surface area contributed by atoms with E-state index >= 15 is 0 Å². The third-order valence-corrected chi connectivity index (χ3v) is 3.57.